The van der Waals surface area contributed by atoms with Crippen LogP contribution in [0, 0.1) is 11.3 Å². The molecule has 0 radical (unpaired) electrons. The summed E-state index contributed by atoms with van der Waals surface area (Å²) in [5.74, 6) is 2.56. The summed E-state index contributed by atoms with van der Waals surface area (Å²) in [5.41, 5.74) is 1.93. The van der Waals surface area contributed by atoms with Gasteiger partial charge in [0, 0.05) is 6.42 Å². The molecule has 0 amide bonds. The van der Waals surface area contributed by atoms with Crippen LogP contribution in [0.2, 0.25) is 0 Å². The Morgan fingerprint density at radius 3 is 2.58 bits per heavy atom. The average molecular weight is 321 g/mol. The maximum atomic E-state index is 9.05. The predicted molar refractivity (Wildman–Crippen MR) is 92.2 cm³/mol. The lowest BCUT2D eigenvalue weighted by Gasteiger charge is -2.08. The van der Waals surface area contributed by atoms with Gasteiger partial charge in [-0.1, -0.05) is 12.1 Å². The number of nitriles is 1. The molecule has 0 atom stereocenters. The van der Waals surface area contributed by atoms with Gasteiger partial charge in [-0.05, 0) is 42.8 Å². The van der Waals surface area contributed by atoms with Gasteiger partial charge in [-0.3, -0.25) is 0 Å². The number of methoxy groups -OCH3 is 1. The minimum absolute atomic E-state index is 0.315. The first kappa shape index (κ1) is 15.9. The minimum atomic E-state index is 0.315. The molecule has 0 aliphatic rings. The zero-order valence-electron chi connectivity index (χ0n) is 13.6. The van der Waals surface area contributed by atoms with E-state index < -0.39 is 0 Å². The molecule has 0 saturated carbocycles. The summed E-state index contributed by atoms with van der Waals surface area (Å²) in [6, 6.07) is 17.6. The van der Waals surface area contributed by atoms with Crippen LogP contribution >= 0.6 is 0 Å². The molecule has 0 aliphatic heterocycles. The summed E-state index contributed by atoms with van der Waals surface area (Å²) in [7, 11) is 1.64. The van der Waals surface area contributed by atoms with Crippen LogP contribution in [0.25, 0.3) is 11.0 Å². The van der Waals surface area contributed by atoms with Crippen LogP contribution < -0.4 is 9.47 Å². The first-order valence-electron chi connectivity index (χ1n) is 7.90. The number of aromatic nitrogens is 2. The van der Waals surface area contributed by atoms with Crippen molar-refractivity contribution in [3.63, 3.8) is 0 Å². The molecule has 0 aliphatic carbocycles. The molecule has 0 fully saturated rings. The lowest BCUT2D eigenvalue weighted by atomic mass is 10.3. The minimum Gasteiger partial charge on any atom is -0.497 e. The Morgan fingerprint density at radius 2 is 1.83 bits per heavy atom. The summed E-state index contributed by atoms with van der Waals surface area (Å²) in [5, 5.41) is 9.05. The monoisotopic (exact) mass is 321 g/mol. The van der Waals surface area contributed by atoms with Gasteiger partial charge >= 0.3 is 0 Å². The van der Waals surface area contributed by atoms with Gasteiger partial charge in [0.1, 0.15) is 23.9 Å². The summed E-state index contributed by atoms with van der Waals surface area (Å²) in [4.78, 5) is 4.64. The fourth-order valence-corrected chi connectivity index (χ4v) is 2.66. The summed E-state index contributed by atoms with van der Waals surface area (Å²) < 4.78 is 12.8. The van der Waals surface area contributed by atoms with Crippen LogP contribution in [0.5, 0.6) is 11.5 Å². The number of fused-ring (bicyclic) bond motifs is 1. The van der Waals surface area contributed by atoms with Crippen molar-refractivity contribution in [1.82, 2.24) is 9.55 Å². The zero-order valence-corrected chi connectivity index (χ0v) is 13.6. The van der Waals surface area contributed by atoms with Crippen molar-refractivity contribution in [3.05, 3.63) is 54.4 Å². The maximum absolute atomic E-state index is 9.05. The van der Waals surface area contributed by atoms with Crippen molar-refractivity contribution >= 4 is 11.0 Å². The average Bonchev–Trinajstić information content (AvgIpc) is 2.97. The van der Waals surface area contributed by atoms with Crippen LogP contribution in [-0.4, -0.2) is 23.3 Å². The van der Waals surface area contributed by atoms with E-state index >= 15 is 0 Å². The lowest BCUT2D eigenvalue weighted by Crippen LogP contribution is -2.06. The normalized spacial score (nSPS) is 10.5. The number of aryl methyl sites for hydroxylation is 1. The molecule has 3 aromatic rings. The van der Waals surface area contributed by atoms with Crippen LogP contribution in [0.15, 0.2) is 48.5 Å². The maximum Gasteiger partial charge on any atom is 0.119 e. The van der Waals surface area contributed by atoms with Crippen molar-refractivity contribution < 1.29 is 9.47 Å². The Bertz CT molecular complexity index is 847. The molecule has 5 nitrogen and oxygen atoms in total. The van der Waals surface area contributed by atoms with Crippen molar-refractivity contribution in [1.29, 1.82) is 5.26 Å². The molecule has 0 unspecified atom stereocenters. The van der Waals surface area contributed by atoms with Crippen molar-refractivity contribution in [2.45, 2.75) is 19.4 Å². The number of ether oxygens (including phenoxy) is 2. The molecular weight excluding hydrogens is 302 g/mol. The number of nitrogens with zero attached hydrogens (tertiary/aromatic N) is 3. The Kier molecular flexibility index (Phi) is 4.97. The Balaban J connectivity index is 1.61. The van der Waals surface area contributed by atoms with E-state index in [1.807, 2.05) is 53.1 Å². The molecule has 0 bridgehead atoms. The van der Waals surface area contributed by atoms with Crippen molar-refractivity contribution in [2.75, 3.05) is 13.7 Å². The number of hydrogen-bond acceptors (Lipinski definition) is 4. The molecule has 2 aromatic carbocycles. The molecule has 1 heterocycles. The molecular formula is C19H19N3O2. The van der Waals surface area contributed by atoms with Gasteiger partial charge in [-0.15, -0.1) is 0 Å². The number of imidazole rings is 1. The van der Waals surface area contributed by atoms with E-state index in [-0.39, 0.29) is 0 Å². The smallest absolute Gasteiger partial charge is 0.119 e. The first-order valence-corrected chi connectivity index (χ1v) is 7.90. The molecule has 0 spiro atoms. The van der Waals surface area contributed by atoms with Gasteiger partial charge < -0.3 is 14.0 Å². The fourth-order valence-electron chi connectivity index (χ4n) is 2.66. The first-order chi connectivity index (χ1) is 11.8. The van der Waals surface area contributed by atoms with Gasteiger partial charge in [0.15, 0.2) is 0 Å². The lowest BCUT2D eigenvalue weighted by molar-refractivity contribution is 0.308. The fraction of sp³-hybridized carbons (Fsp3) is 0.263. The highest BCUT2D eigenvalue weighted by atomic mass is 16.5. The van der Waals surface area contributed by atoms with Crippen LogP contribution in [-0.2, 0) is 13.0 Å². The van der Waals surface area contributed by atoms with E-state index in [1.54, 1.807) is 7.11 Å². The Labute approximate surface area is 141 Å². The summed E-state index contributed by atoms with van der Waals surface area (Å²) in [6.07, 6.45) is 1.60. The highest BCUT2D eigenvalue weighted by Crippen LogP contribution is 2.19. The molecule has 0 saturated heterocycles. The highest BCUT2D eigenvalue weighted by molar-refractivity contribution is 5.76. The van der Waals surface area contributed by atoms with Gasteiger partial charge in [0.2, 0.25) is 0 Å². The van der Waals surface area contributed by atoms with Crippen LogP contribution in [0.4, 0.5) is 0 Å². The standard InChI is InChI=1S/C19H19N3O2/c1-23-15-8-10-16(11-9-15)24-14-4-7-19-21-17-5-2-3-6-18(17)22(19)13-12-20/h2-3,5-6,8-11H,4,7,13-14H2,1H3. The van der Waals surface area contributed by atoms with E-state index in [4.69, 9.17) is 14.7 Å². The Morgan fingerprint density at radius 1 is 1.08 bits per heavy atom. The number of para-hydroxylation sites is 2. The second-order valence-corrected chi connectivity index (χ2v) is 5.39. The van der Waals surface area contributed by atoms with Gasteiger partial charge in [-0.2, -0.15) is 5.26 Å². The van der Waals surface area contributed by atoms with E-state index in [9.17, 15) is 0 Å². The van der Waals surface area contributed by atoms with Crippen molar-refractivity contribution in [3.8, 4) is 17.6 Å². The van der Waals surface area contributed by atoms with E-state index in [1.165, 1.54) is 0 Å². The SMILES string of the molecule is COc1ccc(OCCCc2nc3ccccc3n2CC#N)cc1. The zero-order chi connectivity index (χ0) is 16.8. The predicted octanol–water partition coefficient (Wildman–Crippen LogP) is 3.58. The molecule has 1 aromatic heterocycles. The summed E-state index contributed by atoms with van der Waals surface area (Å²) in [6.45, 7) is 0.914. The van der Waals surface area contributed by atoms with Gasteiger partial charge in [0.05, 0.1) is 30.8 Å². The third-order valence-corrected chi connectivity index (χ3v) is 3.84. The van der Waals surface area contributed by atoms with Crippen LogP contribution in [0.3, 0.4) is 0 Å². The summed E-state index contributed by atoms with van der Waals surface area (Å²) >= 11 is 0. The second kappa shape index (κ2) is 7.51. The third kappa shape index (κ3) is 3.49. The molecule has 5 heteroatoms. The number of benzene rings is 2. The van der Waals surface area contributed by atoms with E-state index in [0.29, 0.717) is 13.2 Å². The topological polar surface area (TPSA) is 60.1 Å². The molecule has 0 N–H and O–H groups in total. The third-order valence-electron chi connectivity index (χ3n) is 3.84. The van der Waals surface area contributed by atoms with Gasteiger partial charge in [-0.25, -0.2) is 4.98 Å². The van der Waals surface area contributed by atoms with Crippen molar-refractivity contribution in [2.24, 2.45) is 0 Å². The molecule has 3 rings (SSSR count). The Hall–Kier alpha value is -3.00. The largest absolute Gasteiger partial charge is 0.497 e. The number of hydrogen-bond donors (Lipinski definition) is 0. The molecule has 122 valence electrons. The highest BCUT2D eigenvalue weighted by Gasteiger charge is 2.09. The second-order valence-electron chi connectivity index (χ2n) is 5.39. The van der Waals surface area contributed by atoms with Crippen LogP contribution in [0.1, 0.15) is 12.2 Å². The van der Waals surface area contributed by atoms with E-state index in [0.717, 1.165) is 41.2 Å². The quantitative estimate of drug-likeness (QED) is 0.624. The van der Waals surface area contributed by atoms with E-state index in [2.05, 4.69) is 11.1 Å². The molecule has 24 heavy (non-hydrogen) atoms. The van der Waals surface area contributed by atoms with Gasteiger partial charge in [0.25, 0.3) is 0 Å². The number of rotatable bonds is 7.